The Morgan fingerprint density at radius 3 is 2.89 bits per heavy atom. The Balaban J connectivity index is 1.68. The molecule has 2 aliphatic carbocycles. The van der Waals surface area contributed by atoms with Crippen LogP contribution in [0.2, 0.25) is 0 Å². The Morgan fingerprint density at radius 2 is 2.11 bits per heavy atom. The van der Waals surface area contributed by atoms with Crippen LogP contribution in [-0.2, 0) is 17.6 Å². The molecule has 0 spiro atoms. The summed E-state index contributed by atoms with van der Waals surface area (Å²) < 4.78 is 0. The number of hydrogen-bond donors (Lipinski definition) is 2. The van der Waals surface area contributed by atoms with Crippen LogP contribution < -0.4 is 11.1 Å². The molecule has 0 aromatic carbocycles. The first-order chi connectivity index (χ1) is 8.72. The number of anilines is 1. The number of nitrogens with one attached hydrogen (secondary N) is 1. The number of aromatic nitrogens is 1. The number of aryl methyl sites for hydroxylation is 1. The third kappa shape index (κ3) is 2.42. The van der Waals surface area contributed by atoms with Crippen molar-refractivity contribution < 1.29 is 4.79 Å². The first-order valence-electron chi connectivity index (χ1n) is 6.77. The van der Waals surface area contributed by atoms with Gasteiger partial charge in [-0.15, -0.1) is 11.3 Å². The molecule has 18 heavy (non-hydrogen) atoms. The fourth-order valence-electron chi connectivity index (χ4n) is 2.85. The second-order valence-electron chi connectivity index (χ2n) is 5.36. The highest BCUT2D eigenvalue weighted by molar-refractivity contribution is 7.15. The van der Waals surface area contributed by atoms with Gasteiger partial charge in [-0.05, 0) is 32.1 Å². The smallest absolute Gasteiger partial charge is 0.229 e. The summed E-state index contributed by atoms with van der Waals surface area (Å²) >= 11 is 1.60. The number of carbonyl (C=O) groups is 1. The maximum atomic E-state index is 12.0. The Hall–Kier alpha value is -0.940. The second kappa shape index (κ2) is 4.97. The summed E-state index contributed by atoms with van der Waals surface area (Å²) in [5.41, 5.74) is 7.09. The van der Waals surface area contributed by atoms with Crippen LogP contribution in [0.5, 0.6) is 0 Å². The number of hydrogen-bond acceptors (Lipinski definition) is 4. The highest BCUT2D eigenvalue weighted by Crippen LogP contribution is 2.31. The first-order valence-corrected chi connectivity index (χ1v) is 7.59. The number of fused-ring (bicyclic) bond motifs is 1. The zero-order valence-electron chi connectivity index (χ0n) is 10.4. The van der Waals surface area contributed by atoms with E-state index in [-0.39, 0.29) is 17.9 Å². The van der Waals surface area contributed by atoms with E-state index < -0.39 is 0 Å². The van der Waals surface area contributed by atoms with Crippen LogP contribution in [-0.4, -0.2) is 16.9 Å². The third-order valence-corrected chi connectivity index (χ3v) is 4.97. The van der Waals surface area contributed by atoms with Crippen LogP contribution in [0.25, 0.3) is 0 Å². The number of nitrogens with zero attached hydrogens (tertiary/aromatic N) is 1. The lowest BCUT2D eigenvalue weighted by Crippen LogP contribution is -2.27. The van der Waals surface area contributed by atoms with Gasteiger partial charge in [-0.1, -0.05) is 12.8 Å². The molecule has 3 rings (SSSR count). The van der Waals surface area contributed by atoms with Crippen LogP contribution in [0.1, 0.15) is 42.7 Å². The second-order valence-corrected chi connectivity index (χ2v) is 6.45. The molecule has 4 nitrogen and oxygen atoms in total. The van der Waals surface area contributed by atoms with E-state index in [2.05, 4.69) is 10.3 Å². The minimum absolute atomic E-state index is 0.155. The van der Waals surface area contributed by atoms with Gasteiger partial charge in [0.25, 0.3) is 0 Å². The molecular formula is C13H19N3OS. The van der Waals surface area contributed by atoms with Crippen LogP contribution >= 0.6 is 11.3 Å². The van der Waals surface area contributed by atoms with Gasteiger partial charge < -0.3 is 11.1 Å². The van der Waals surface area contributed by atoms with Gasteiger partial charge in [-0.3, -0.25) is 4.79 Å². The highest BCUT2D eigenvalue weighted by atomic mass is 32.1. The van der Waals surface area contributed by atoms with Crippen molar-refractivity contribution in [2.24, 2.45) is 11.7 Å². The quantitative estimate of drug-likeness (QED) is 0.860. The van der Waals surface area contributed by atoms with Crippen LogP contribution in [0, 0.1) is 5.92 Å². The molecule has 5 heteroatoms. The van der Waals surface area contributed by atoms with E-state index in [0.29, 0.717) is 0 Å². The van der Waals surface area contributed by atoms with Gasteiger partial charge in [0.1, 0.15) is 0 Å². The zero-order valence-corrected chi connectivity index (χ0v) is 11.3. The van der Waals surface area contributed by atoms with Crippen LogP contribution in [0.15, 0.2) is 0 Å². The summed E-state index contributed by atoms with van der Waals surface area (Å²) in [6.07, 6.45) is 7.29. The maximum Gasteiger partial charge on any atom is 0.229 e. The molecule has 1 aromatic rings. The molecule has 1 amide bonds. The lowest BCUT2D eigenvalue weighted by atomic mass is 9.99. The molecule has 0 radical (unpaired) electrons. The van der Waals surface area contributed by atoms with Crippen LogP contribution in [0.4, 0.5) is 5.13 Å². The van der Waals surface area contributed by atoms with Crippen molar-refractivity contribution in [1.29, 1.82) is 0 Å². The lowest BCUT2D eigenvalue weighted by Gasteiger charge is -2.15. The normalized spacial score (nSPS) is 23.9. The fraction of sp³-hybridized carbons (Fsp3) is 0.692. The first kappa shape index (κ1) is 12.1. The average molecular weight is 265 g/mol. The fourth-order valence-corrected chi connectivity index (χ4v) is 3.95. The molecule has 2 aliphatic rings. The van der Waals surface area contributed by atoms with Crippen molar-refractivity contribution >= 4 is 22.4 Å². The van der Waals surface area contributed by atoms with E-state index in [1.165, 1.54) is 17.7 Å². The van der Waals surface area contributed by atoms with Gasteiger partial charge in [0.15, 0.2) is 5.13 Å². The lowest BCUT2D eigenvalue weighted by molar-refractivity contribution is -0.119. The number of thiazole rings is 1. The van der Waals surface area contributed by atoms with Crippen molar-refractivity contribution in [3.8, 4) is 0 Å². The predicted molar refractivity (Wildman–Crippen MR) is 72.7 cm³/mol. The Morgan fingerprint density at radius 1 is 1.33 bits per heavy atom. The topological polar surface area (TPSA) is 68.0 Å². The molecular weight excluding hydrogens is 246 g/mol. The van der Waals surface area contributed by atoms with E-state index >= 15 is 0 Å². The minimum Gasteiger partial charge on any atom is -0.327 e. The van der Waals surface area contributed by atoms with Gasteiger partial charge in [-0.2, -0.15) is 0 Å². The van der Waals surface area contributed by atoms with Gasteiger partial charge in [0.2, 0.25) is 5.91 Å². The van der Waals surface area contributed by atoms with E-state index in [4.69, 9.17) is 5.73 Å². The molecule has 0 bridgehead atoms. The van der Waals surface area contributed by atoms with Crippen LogP contribution in [0.3, 0.4) is 0 Å². The molecule has 1 saturated carbocycles. The van der Waals surface area contributed by atoms with Crippen molar-refractivity contribution in [3.05, 3.63) is 10.6 Å². The zero-order chi connectivity index (χ0) is 12.5. The van der Waals surface area contributed by atoms with Crippen molar-refractivity contribution in [2.45, 2.75) is 51.0 Å². The van der Waals surface area contributed by atoms with E-state index in [9.17, 15) is 4.79 Å². The number of carbonyl (C=O) groups excluding carboxylic acids is 1. The molecule has 98 valence electrons. The SMILES string of the molecule is N[C@H]1CCc2nc(NC(=O)C3CCCC3)sc2C1. The molecule has 1 atom stereocenters. The molecule has 1 fully saturated rings. The number of rotatable bonds is 2. The largest absolute Gasteiger partial charge is 0.327 e. The van der Waals surface area contributed by atoms with Crippen molar-refractivity contribution in [2.75, 3.05) is 5.32 Å². The van der Waals surface area contributed by atoms with Crippen molar-refractivity contribution in [1.82, 2.24) is 4.98 Å². The number of amides is 1. The Bertz CT molecular complexity index is 451. The molecule has 1 heterocycles. The van der Waals surface area contributed by atoms with Gasteiger partial charge in [0.05, 0.1) is 5.69 Å². The molecule has 3 N–H and O–H groups in total. The summed E-state index contributed by atoms with van der Waals surface area (Å²) in [7, 11) is 0. The summed E-state index contributed by atoms with van der Waals surface area (Å²) in [5.74, 6) is 0.357. The Labute approximate surface area is 111 Å². The monoisotopic (exact) mass is 265 g/mol. The minimum atomic E-state index is 0.155. The van der Waals surface area contributed by atoms with Gasteiger partial charge in [0, 0.05) is 16.8 Å². The average Bonchev–Trinajstić information content (AvgIpc) is 2.95. The highest BCUT2D eigenvalue weighted by Gasteiger charge is 2.25. The summed E-state index contributed by atoms with van der Waals surface area (Å²) in [6.45, 7) is 0. The molecule has 0 aliphatic heterocycles. The van der Waals surface area contributed by atoms with E-state index in [1.54, 1.807) is 11.3 Å². The molecule has 0 unspecified atom stereocenters. The predicted octanol–water partition coefficient (Wildman–Crippen LogP) is 2.09. The standard InChI is InChI=1S/C13H19N3OS/c14-9-5-6-10-11(7-9)18-13(15-10)16-12(17)8-3-1-2-4-8/h8-9H,1-7,14H2,(H,15,16,17)/t9-/m0/s1. The van der Waals surface area contributed by atoms with E-state index in [0.717, 1.165) is 42.9 Å². The molecule has 0 saturated heterocycles. The summed E-state index contributed by atoms with van der Waals surface area (Å²) in [5, 5.41) is 3.75. The van der Waals surface area contributed by atoms with Gasteiger partial charge in [-0.25, -0.2) is 4.98 Å². The Kier molecular flexibility index (Phi) is 3.35. The summed E-state index contributed by atoms with van der Waals surface area (Å²) in [4.78, 5) is 17.8. The molecule has 1 aromatic heterocycles. The summed E-state index contributed by atoms with van der Waals surface area (Å²) in [6, 6.07) is 0.260. The maximum absolute atomic E-state index is 12.0. The number of nitrogens with two attached hydrogens (primary N) is 1. The van der Waals surface area contributed by atoms with Crippen molar-refractivity contribution in [3.63, 3.8) is 0 Å². The third-order valence-electron chi connectivity index (χ3n) is 3.93. The van der Waals surface area contributed by atoms with Gasteiger partial charge >= 0.3 is 0 Å². The van der Waals surface area contributed by atoms with E-state index in [1.807, 2.05) is 0 Å².